The minimum absolute atomic E-state index is 0.184. The summed E-state index contributed by atoms with van der Waals surface area (Å²) < 4.78 is 0. The molecule has 1 fully saturated rings. The Morgan fingerprint density at radius 2 is 2.00 bits per heavy atom. The third kappa shape index (κ3) is 3.41. The molecular weight excluding hydrogens is 290 g/mol. The van der Waals surface area contributed by atoms with E-state index in [4.69, 9.17) is 5.11 Å². The van der Waals surface area contributed by atoms with Crippen LogP contribution in [0.25, 0.3) is 10.9 Å². The number of para-hydroxylation sites is 1. The maximum atomic E-state index is 12.6. The fourth-order valence-corrected chi connectivity index (χ4v) is 3.35. The first kappa shape index (κ1) is 16.0. The summed E-state index contributed by atoms with van der Waals surface area (Å²) in [7, 11) is 0. The molecule has 0 atom stereocenters. The fraction of sp³-hybridized carbons (Fsp3) is 0.500. The second-order valence-corrected chi connectivity index (χ2v) is 6.13. The molecule has 0 bridgehead atoms. The first-order valence-electron chi connectivity index (χ1n) is 8.41. The molecule has 1 aliphatic rings. The summed E-state index contributed by atoms with van der Waals surface area (Å²) in [5.41, 5.74) is 3.53. The topological polar surface area (TPSA) is 59.6 Å². The molecule has 1 amide bonds. The van der Waals surface area contributed by atoms with Crippen LogP contribution in [-0.4, -0.2) is 65.1 Å². The van der Waals surface area contributed by atoms with Gasteiger partial charge < -0.3 is 15.0 Å². The Morgan fingerprint density at radius 1 is 1.22 bits per heavy atom. The van der Waals surface area contributed by atoms with Crippen LogP contribution < -0.4 is 0 Å². The van der Waals surface area contributed by atoms with Crippen molar-refractivity contribution in [3.63, 3.8) is 0 Å². The van der Waals surface area contributed by atoms with Crippen LogP contribution in [0.5, 0.6) is 0 Å². The molecule has 1 aromatic carbocycles. The highest BCUT2D eigenvalue weighted by atomic mass is 16.3. The Morgan fingerprint density at radius 3 is 2.70 bits per heavy atom. The van der Waals surface area contributed by atoms with E-state index in [1.54, 1.807) is 0 Å². The van der Waals surface area contributed by atoms with Crippen molar-refractivity contribution in [3.8, 4) is 0 Å². The van der Waals surface area contributed by atoms with Crippen LogP contribution in [0.1, 0.15) is 18.1 Å². The lowest BCUT2D eigenvalue weighted by molar-refractivity contribution is -0.132. The van der Waals surface area contributed by atoms with Crippen LogP contribution in [-0.2, 0) is 17.6 Å². The number of carbonyl (C=O) groups excluding carboxylic acids is 1. The van der Waals surface area contributed by atoms with E-state index in [9.17, 15) is 4.79 Å². The number of aliphatic hydroxyl groups excluding tert-OH is 1. The molecular formula is C18H25N3O2. The molecule has 23 heavy (non-hydrogen) atoms. The highest BCUT2D eigenvalue weighted by Crippen LogP contribution is 2.23. The summed E-state index contributed by atoms with van der Waals surface area (Å²) >= 11 is 0. The molecule has 0 radical (unpaired) electrons. The molecule has 5 heteroatoms. The van der Waals surface area contributed by atoms with E-state index in [0.717, 1.165) is 49.1 Å². The molecule has 0 unspecified atom stereocenters. The number of aryl methyl sites for hydroxylation is 1. The monoisotopic (exact) mass is 315 g/mol. The van der Waals surface area contributed by atoms with Crippen LogP contribution in [0.3, 0.4) is 0 Å². The number of amides is 1. The van der Waals surface area contributed by atoms with Gasteiger partial charge in [-0.1, -0.05) is 25.1 Å². The Labute approximate surface area is 136 Å². The number of aromatic amines is 1. The van der Waals surface area contributed by atoms with E-state index in [0.29, 0.717) is 13.0 Å². The maximum absolute atomic E-state index is 12.6. The third-order valence-electron chi connectivity index (χ3n) is 4.75. The number of fused-ring (bicyclic) bond motifs is 1. The number of nitrogens with zero attached hydrogens (tertiary/aromatic N) is 2. The zero-order valence-corrected chi connectivity index (χ0v) is 13.7. The molecule has 1 aromatic heterocycles. The summed E-state index contributed by atoms with van der Waals surface area (Å²) in [5, 5.41) is 10.1. The third-order valence-corrected chi connectivity index (χ3v) is 4.75. The number of nitrogens with one attached hydrogen (secondary N) is 1. The predicted octanol–water partition coefficient (Wildman–Crippen LogP) is 1.41. The highest BCUT2D eigenvalue weighted by molar-refractivity contribution is 5.90. The van der Waals surface area contributed by atoms with Gasteiger partial charge in [0.15, 0.2) is 0 Å². The second-order valence-electron chi connectivity index (χ2n) is 6.13. The van der Waals surface area contributed by atoms with E-state index < -0.39 is 0 Å². The molecule has 2 heterocycles. The SMILES string of the molecule is CCc1cccc2c(CC(=O)N3CCN(CCO)CC3)c[nH]c12. The molecule has 124 valence electrons. The average molecular weight is 315 g/mol. The second kappa shape index (κ2) is 7.15. The van der Waals surface area contributed by atoms with Crippen molar-refractivity contribution in [2.24, 2.45) is 0 Å². The number of rotatable bonds is 5. The first-order chi connectivity index (χ1) is 11.2. The van der Waals surface area contributed by atoms with Crippen molar-refractivity contribution in [3.05, 3.63) is 35.5 Å². The van der Waals surface area contributed by atoms with E-state index >= 15 is 0 Å². The van der Waals surface area contributed by atoms with Crippen LogP contribution in [0.4, 0.5) is 0 Å². The quantitative estimate of drug-likeness (QED) is 0.877. The zero-order valence-electron chi connectivity index (χ0n) is 13.7. The number of piperazine rings is 1. The molecule has 2 N–H and O–H groups in total. The summed E-state index contributed by atoms with van der Waals surface area (Å²) in [6, 6.07) is 6.29. The number of aliphatic hydroxyl groups is 1. The van der Waals surface area contributed by atoms with Gasteiger partial charge in [-0.15, -0.1) is 0 Å². The number of aromatic nitrogens is 1. The summed E-state index contributed by atoms with van der Waals surface area (Å²) in [6.45, 7) is 6.22. The molecule has 2 aromatic rings. The van der Waals surface area contributed by atoms with E-state index in [-0.39, 0.29) is 12.5 Å². The van der Waals surface area contributed by atoms with Gasteiger partial charge in [-0.3, -0.25) is 9.69 Å². The Bertz CT molecular complexity index is 672. The van der Waals surface area contributed by atoms with E-state index in [2.05, 4.69) is 35.0 Å². The van der Waals surface area contributed by atoms with Crippen LogP contribution in [0.15, 0.2) is 24.4 Å². The van der Waals surface area contributed by atoms with Gasteiger partial charge in [0.05, 0.1) is 13.0 Å². The number of benzene rings is 1. The lowest BCUT2D eigenvalue weighted by Gasteiger charge is -2.34. The van der Waals surface area contributed by atoms with Gasteiger partial charge in [-0.2, -0.15) is 0 Å². The zero-order chi connectivity index (χ0) is 16.2. The molecule has 0 spiro atoms. The molecule has 3 rings (SSSR count). The number of H-pyrrole nitrogens is 1. The van der Waals surface area contributed by atoms with Crippen molar-refractivity contribution in [1.29, 1.82) is 0 Å². The fourth-order valence-electron chi connectivity index (χ4n) is 3.35. The maximum Gasteiger partial charge on any atom is 0.227 e. The van der Waals surface area contributed by atoms with Crippen molar-refractivity contribution in [2.75, 3.05) is 39.3 Å². The van der Waals surface area contributed by atoms with Crippen molar-refractivity contribution in [1.82, 2.24) is 14.8 Å². The highest BCUT2D eigenvalue weighted by Gasteiger charge is 2.21. The van der Waals surface area contributed by atoms with Gasteiger partial charge in [0, 0.05) is 49.8 Å². The summed E-state index contributed by atoms with van der Waals surface area (Å²) in [6.07, 6.45) is 3.41. The minimum atomic E-state index is 0.184. The number of hydrogen-bond acceptors (Lipinski definition) is 3. The molecule has 0 saturated carbocycles. The van der Waals surface area contributed by atoms with Crippen LogP contribution in [0, 0.1) is 0 Å². The van der Waals surface area contributed by atoms with Crippen LogP contribution >= 0.6 is 0 Å². The van der Waals surface area contributed by atoms with Gasteiger partial charge in [0.1, 0.15) is 0 Å². The van der Waals surface area contributed by atoms with Gasteiger partial charge in [0.2, 0.25) is 5.91 Å². The van der Waals surface area contributed by atoms with Gasteiger partial charge in [-0.05, 0) is 17.5 Å². The number of hydrogen-bond donors (Lipinski definition) is 2. The van der Waals surface area contributed by atoms with Gasteiger partial charge in [0.25, 0.3) is 0 Å². The molecule has 1 aliphatic heterocycles. The number of carbonyl (C=O) groups is 1. The van der Waals surface area contributed by atoms with Crippen molar-refractivity contribution < 1.29 is 9.90 Å². The largest absolute Gasteiger partial charge is 0.395 e. The predicted molar refractivity (Wildman–Crippen MR) is 91.5 cm³/mol. The van der Waals surface area contributed by atoms with Crippen molar-refractivity contribution >= 4 is 16.8 Å². The minimum Gasteiger partial charge on any atom is -0.395 e. The lowest BCUT2D eigenvalue weighted by atomic mass is 10.0. The first-order valence-corrected chi connectivity index (χ1v) is 8.41. The van der Waals surface area contributed by atoms with E-state index in [1.165, 1.54) is 5.56 Å². The van der Waals surface area contributed by atoms with Gasteiger partial charge in [-0.25, -0.2) is 0 Å². The van der Waals surface area contributed by atoms with E-state index in [1.807, 2.05) is 11.1 Å². The standard InChI is InChI=1S/C18H25N3O2/c1-2-14-4-3-5-16-15(13-19-18(14)16)12-17(23)21-8-6-20(7-9-21)10-11-22/h3-5,13,19,22H,2,6-12H2,1H3. The Kier molecular flexibility index (Phi) is 4.98. The molecule has 0 aliphatic carbocycles. The Hall–Kier alpha value is -1.85. The summed E-state index contributed by atoms with van der Waals surface area (Å²) in [4.78, 5) is 20.0. The van der Waals surface area contributed by atoms with Gasteiger partial charge >= 0.3 is 0 Å². The molecule has 1 saturated heterocycles. The average Bonchev–Trinajstić information content (AvgIpc) is 2.99. The summed E-state index contributed by atoms with van der Waals surface area (Å²) in [5.74, 6) is 0.191. The number of β-amino-alcohol motifs (C(OH)–C–C–N with tert-alkyl or cyclic N) is 1. The smallest absolute Gasteiger partial charge is 0.227 e. The lowest BCUT2D eigenvalue weighted by Crippen LogP contribution is -2.49. The Balaban J connectivity index is 1.67. The molecule has 5 nitrogen and oxygen atoms in total. The van der Waals surface area contributed by atoms with Crippen molar-refractivity contribution in [2.45, 2.75) is 19.8 Å². The normalized spacial score (nSPS) is 16.2. The van der Waals surface area contributed by atoms with Crippen LogP contribution in [0.2, 0.25) is 0 Å².